The number of hydrogen-bond donors (Lipinski definition) is 3. The Morgan fingerprint density at radius 3 is 2.79 bits per heavy atom. The third-order valence-electron chi connectivity index (χ3n) is 2.56. The van der Waals surface area contributed by atoms with Gasteiger partial charge in [0.05, 0.1) is 16.9 Å². The Morgan fingerprint density at radius 2 is 2.16 bits per heavy atom. The molecule has 2 aromatic rings. The first-order chi connectivity index (χ1) is 8.97. The van der Waals surface area contributed by atoms with Crippen LogP contribution in [0.3, 0.4) is 0 Å². The van der Waals surface area contributed by atoms with Gasteiger partial charge in [-0.15, -0.1) is 0 Å². The van der Waals surface area contributed by atoms with Crippen LogP contribution in [0.4, 0.5) is 17.2 Å². The minimum atomic E-state index is -1.05. The lowest BCUT2D eigenvalue weighted by Crippen LogP contribution is -2.07. The van der Waals surface area contributed by atoms with Crippen LogP contribution in [0.1, 0.15) is 16.1 Å². The molecule has 19 heavy (non-hydrogen) atoms. The van der Waals surface area contributed by atoms with E-state index in [1.54, 1.807) is 25.1 Å². The standard InChI is InChI=1S/C13H12ClN3O2/c1-7-10(13(18)19)6-11(15)12(16-7)17-9-4-2-3-8(14)5-9/h2-6H,15H2,1H3,(H,16,17)(H,18,19). The van der Waals surface area contributed by atoms with E-state index in [1.165, 1.54) is 6.07 Å². The molecule has 6 heteroatoms. The van der Waals surface area contributed by atoms with Crippen molar-refractivity contribution >= 4 is 34.8 Å². The Morgan fingerprint density at radius 1 is 1.42 bits per heavy atom. The number of carboxylic acid groups (broad SMARTS) is 1. The number of nitrogen functional groups attached to an aromatic ring is 1. The fourth-order valence-electron chi connectivity index (χ4n) is 1.64. The average Bonchev–Trinajstić information content (AvgIpc) is 2.33. The summed E-state index contributed by atoms with van der Waals surface area (Å²) < 4.78 is 0. The Balaban J connectivity index is 2.36. The van der Waals surface area contributed by atoms with Crippen LogP contribution in [-0.4, -0.2) is 16.1 Å². The lowest BCUT2D eigenvalue weighted by atomic mass is 10.2. The van der Waals surface area contributed by atoms with Gasteiger partial charge in [-0.2, -0.15) is 0 Å². The van der Waals surface area contributed by atoms with Gasteiger partial charge in [-0.3, -0.25) is 0 Å². The zero-order chi connectivity index (χ0) is 14.0. The van der Waals surface area contributed by atoms with Crippen LogP contribution < -0.4 is 11.1 Å². The number of aromatic nitrogens is 1. The molecule has 1 aromatic carbocycles. The molecule has 0 saturated heterocycles. The molecule has 0 aliphatic carbocycles. The highest BCUT2D eigenvalue weighted by Crippen LogP contribution is 2.25. The van der Waals surface area contributed by atoms with Crippen LogP contribution in [0.15, 0.2) is 30.3 Å². The molecular formula is C13H12ClN3O2. The topological polar surface area (TPSA) is 88.2 Å². The minimum Gasteiger partial charge on any atom is -0.478 e. The van der Waals surface area contributed by atoms with Gasteiger partial charge in [0.15, 0.2) is 5.82 Å². The maximum absolute atomic E-state index is 11.0. The van der Waals surface area contributed by atoms with Crippen molar-refractivity contribution in [3.63, 3.8) is 0 Å². The summed E-state index contributed by atoms with van der Waals surface area (Å²) in [4.78, 5) is 15.1. The maximum atomic E-state index is 11.0. The van der Waals surface area contributed by atoms with E-state index in [-0.39, 0.29) is 11.3 Å². The molecule has 1 aromatic heterocycles. The van der Waals surface area contributed by atoms with E-state index in [1.807, 2.05) is 6.07 Å². The molecule has 0 unspecified atom stereocenters. The van der Waals surface area contributed by atoms with Gasteiger partial charge in [0.1, 0.15) is 0 Å². The van der Waals surface area contributed by atoms with Crippen molar-refractivity contribution in [1.82, 2.24) is 4.98 Å². The van der Waals surface area contributed by atoms with E-state index in [2.05, 4.69) is 10.3 Å². The molecule has 0 radical (unpaired) electrons. The number of aryl methyl sites for hydroxylation is 1. The third kappa shape index (κ3) is 2.95. The Hall–Kier alpha value is -2.27. The summed E-state index contributed by atoms with van der Waals surface area (Å²) in [5.41, 5.74) is 7.28. The van der Waals surface area contributed by atoms with E-state index in [0.717, 1.165) is 5.69 Å². The normalized spacial score (nSPS) is 10.2. The SMILES string of the molecule is Cc1nc(Nc2cccc(Cl)c2)c(N)cc1C(=O)O. The molecule has 0 aliphatic heterocycles. The monoisotopic (exact) mass is 277 g/mol. The first kappa shape index (κ1) is 13.2. The highest BCUT2D eigenvalue weighted by molar-refractivity contribution is 6.30. The van der Waals surface area contributed by atoms with Gasteiger partial charge in [-0.25, -0.2) is 9.78 Å². The summed E-state index contributed by atoms with van der Waals surface area (Å²) in [6.45, 7) is 1.62. The number of benzene rings is 1. The van der Waals surface area contributed by atoms with Gasteiger partial charge < -0.3 is 16.2 Å². The number of anilines is 3. The van der Waals surface area contributed by atoms with E-state index in [4.69, 9.17) is 22.4 Å². The number of carboxylic acids is 1. The van der Waals surface area contributed by atoms with Crippen molar-refractivity contribution in [3.8, 4) is 0 Å². The van der Waals surface area contributed by atoms with Crippen LogP contribution in [0.5, 0.6) is 0 Å². The number of pyridine rings is 1. The molecule has 98 valence electrons. The van der Waals surface area contributed by atoms with E-state index >= 15 is 0 Å². The average molecular weight is 278 g/mol. The van der Waals surface area contributed by atoms with Crippen molar-refractivity contribution in [2.45, 2.75) is 6.92 Å². The molecule has 0 fully saturated rings. The van der Waals surface area contributed by atoms with E-state index in [9.17, 15) is 4.79 Å². The lowest BCUT2D eigenvalue weighted by molar-refractivity contribution is 0.0695. The third-order valence-corrected chi connectivity index (χ3v) is 2.80. The number of nitrogens with zero attached hydrogens (tertiary/aromatic N) is 1. The van der Waals surface area contributed by atoms with Gasteiger partial charge in [0, 0.05) is 10.7 Å². The van der Waals surface area contributed by atoms with Gasteiger partial charge in [-0.1, -0.05) is 17.7 Å². The van der Waals surface area contributed by atoms with Crippen molar-refractivity contribution in [2.24, 2.45) is 0 Å². The molecular weight excluding hydrogens is 266 g/mol. The number of nitrogens with two attached hydrogens (primary N) is 1. The van der Waals surface area contributed by atoms with Crippen LogP contribution in [0, 0.1) is 6.92 Å². The van der Waals surface area contributed by atoms with Crippen molar-refractivity contribution < 1.29 is 9.90 Å². The zero-order valence-electron chi connectivity index (χ0n) is 10.1. The molecule has 0 aliphatic rings. The van der Waals surface area contributed by atoms with Crippen LogP contribution in [-0.2, 0) is 0 Å². The van der Waals surface area contributed by atoms with Crippen molar-refractivity contribution in [1.29, 1.82) is 0 Å². The Labute approximate surface area is 115 Å². The van der Waals surface area contributed by atoms with Crippen molar-refractivity contribution in [2.75, 3.05) is 11.1 Å². The molecule has 1 heterocycles. The Bertz CT molecular complexity index is 644. The van der Waals surface area contributed by atoms with Crippen molar-refractivity contribution in [3.05, 3.63) is 46.6 Å². The van der Waals surface area contributed by atoms with Gasteiger partial charge in [0.2, 0.25) is 0 Å². The molecule has 5 nitrogen and oxygen atoms in total. The van der Waals surface area contributed by atoms with Gasteiger partial charge >= 0.3 is 5.97 Å². The fourth-order valence-corrected chi connectivity index (χ4v) is 1.83. The number of rotatable bonds is 3. The van der Waals surface area contributed by atoms with Gasteiger partial charge in [0.25, 0.3) is 0 Å². The van der Waals surface area contributed by atoms with Gasteiger partial charge in [-0.05, 0) is 31.2 Å². The summed E-state index contributed by atoms with van der Waals surface area (Å²) in [6.07, 6.45) is 0. The van der Waals surface area contributed by atoms with Crippen LogP contribution in [0.25, 0.3) is 0 Å². The number of carbonyl (C=O) groups is 1. The summed E-state index contributed by atoms with van der Waals surface area (Å²) in [5, 5.41) is 12.6. The smallest absolute Gasteiger partial charge is 0.337 e. The summed E-state index contributed by atoms with van der Waals surface area (Å²) in [6, 6.07) is 8.47. The molecule has 2 rings (SSSR count). The molecule has 4 N–H and O–H groups in total. The second-order valence-corrected chi connectivity index (χ2v) is 4.44. The second kappa shape index (κ2) is 5.16. The Kier molecular flexibility index (Phi) is 3.57. The van der Waals surface area contributed by atoms with E-state index < -0.39 is 5.97 Å². The quantitative estimate of drug-likeness (QED) is 0.802. The number of nitrogens with one attached hydrogen (secondary N) is 1. The number of halogens is 1. The second-order valence-electron chi connectivity index (χ2n) is 4.00. The zero-order valence-corrected chi connectivity index (χ0v) is 10.9. The fraction of sp³-hybridized carbons (Fsp3) is 0.0769. The predicted octanol–water partition coefficient (Wildman–Crippen LogP) is 3.07. The number of aromatic carboxylic acids is 1. The molecule has 0 spiro atoms. The maximum Gasteiger partial charge on any atom is 0.337 e. The molecule has 0 saturated carbocycles. The minimum absolute atomic E-state index is 0.0918. The first-order valence-electron chi connectivity index (χ1n) is 5.50. The lowest BCUT2D eigenvalue weighted by Gasteiger charge is -2.11. The predicted molar refractivity (Wildman–Crippen MR) is 75.1 cm³/mol. The highest BCUT2D eigenvalue weighted by Gasteiger charge is 2.12. The number of hydrogen-bond acceptors (Lipinski definition) is 4. The highest BCUT2D eigenvalue weighted by atomic mass is 35.5. The summed E-state index contributed by atoms with van der Waals surface area (Å²) in [7, 11) is 0. The van der Waals surface area contributed by atoms with E-state index in [0.29, 0.717) is 16.5 Å². The molecule has 0 atom stereocenters. The molecule has 0 amide bonds. The summed E-state index contributed by atoms with van der Waals surface area (Å²) in [5.74, 6) is -0.643. The first-order valence-corrected chi connectivity index (χ1v) is 5.88. The summed E-state index contributed by atoms with van der Waals surface area (Å²) >= 11 is 5.88. The van der Waals surface area contributed by atoms with Crippen LogP contribution in [0.2, 0.25) is 5.02 Å². The molecule has 0 bridgehead atoms. The van der Waals surface area contributed by atoms with Crippen LogP contribution >= 0.6 is 11.6 Å². The largest absolute Gasteiger partial charge is 0.478 e.